The number of ether oxygens (including phenoxy) is 2. The first-order valence-corrected chi connectivity index (χ1v) is 10.4. The number of halogens is 1. The lowest BCUT2D eigenvalue weighted by atomic mass is 10.3. The van der Waals surface area contributed by atoms with Crippen LogP contribution >= 0.6 is 22.9 Å². The maximum absolute atomic E-state index is 13.0. The van der Waals surface area contributed by atoms with Crippen LogP contribution in [0.25, 0.3) is 10.2 Å². The van der Waals surface area contributed by atoms with Gasteiger partial charge in [0.05, 0.1) is 16.8 Å². The maximum Gasteiger partial charge on any atom is 0.266 e. The summed E-state index contributed by atoms with van der Waals surface area (Å²) in [6.07, 6.45) is 0.824. The number of rotatable bonds is 9. The Morgan fingerprint density at radius 2 is 1.83 bits per heavy atom. The van der Waals surface area contributed by atoms with E-state index in [1.165, 1.54) is 11.3 Å². The molecule has 0 unspecified atom stereocenters. The van der Waals surface area contributed by atoms with Crippen LogP contribution in [0.3, 0.4) is 0 Å². The Hall–Kier alpha value is -2.35. The number of thiazole rings is 1. The van der Waals surface area contributed by atoms with E-state index in [9.17, 15) is 4.79 Å². The number of hydrogen-bond donors (Lipinski definition) is 0. The Kier molecular flexibility index (Phi) is 7.30. The van der Waals surface area contributed by atoms with Gasteiger partial charge in [0, 0.05) is 6.54 Å². The smallest absolute Gasteiger partial charge is 0.266 e. The third kappa shape index (κ3) is 5.59. The summed E-state index contributed by atoms with van der Waals surface area (Å²) in [5, 5.41) is 1.22. The number of para-hydroxylation sites is 1. The van der Waals surface area contributed by atoms with Crippen molar-refractivity contribution in [1.29, 1.82) is 0 Å². The maximum atomic E-state index is 13.0. The molecule has 0 aliphatic heterocycles. The molecule has 1 amide bonds. The van der Waals surface area contributed by atoms with Crippen LogP contribution in [0.4, 0.5) is 5.13 Å². The number of nitrogens with zero attached hydrogens (tertiary/aromatic N) is 3. The largest absolute Gasteiger partial charge is 0.497 e. The standard InChI is InChI=1S/C21H24ClN3O3S/c1-24(2)12-5-13-25(21-23-20-17(22)6-4-7-18(20)29-21)19(26)14-28-16-10-8-15(27-3)9-11-16/h4,6-11H,5,12-14H2,1-3H3. The molecular formula is C21H24ClN3O3S. The van der Waals surface area contributed by atoms with Gasteiger partial charge in [0.15, 0.2) is 11.7 Å². The number of anilines is 1. The summed E-state index contributed by atoms with van der Waals surface area (Å²) >= 11 is 7.72. The van der Waals surface area contributed by atoms with E-state index in [-0.39, 0.29) is 12.5 Å². The topological polar surface area (TPSA) is 54.9 Å². The molecular weight excluding hydrogens is 410 g/mol. The van der Waals surface area contributed by atoms with Crippen LogP contribution in [-0.2, 0) is 4.79 Å². The quantitative estimate of drug-likeness (QED) is 0.503. The Balaban J connectivity index is 1.75. The van der Waals surface area contributed by atoms with Crippen molar-refractivity contribution in [1.82, 2.24) is 9.88 Å². The number of hydrogen-bond acceptors (Lipinski definition) is 6. The summed E-state index contributed by atoms with van der Waals surface area (Å²) in [6, 6.07) is 12.8. The van der Waals surface area contributed by atoms with Crippen LogP contribution in [0, 0.1) is 0 Å². The summed E-state index contributed by atoms with van der Waals surface area (Å²) in [5.41, 5.74) is 0.718. The fraction of sp³-hybridized carbons (Fsp3) is 0.333. The molecule has 0 saturated carbocycles. The highest BCUT2D eigenvalue weighted by Crippen LogP contribution is 2.33. The summed E-state index contributed by atoms with van der Waals surface area (Å²) in [4.78, 5) is 21.4. The van der Waals surface area contributed by atoms with Gasteiger partial charge < -0.3 is 14.4 Å². The lowest BCUT2D eigenvalue weighted by Crippen LogP contribution is -2.36. The Labute approximate surface area is 179 Å². The predicted octanol–water partition coefficient (Wildman–Crippen LogP) is 4.32. The second-order valence-corrected chi connectivity index (χ2v) is 8.17. The number of carbonyl (C=O) groups is 1. The van der Waals surface area contributed by atoms with Gasteiger partial charge in [-0.1, -0.05) is 29.0 Å². The zero-order valence-corrected chi connectivity index (χ0v) is 18.3. The Morgan fingerprint density at radius 1 is 1.10 bits per heavy atom. The summed E-state index contributed by atoms with van der Waals surface area (Å²) in [7, 11) is 5.63. The van der Waals surface area contributed by atoms with Gasteiger partial charge in [-0.05, 0) is 63.5 Å². The fourth-order valence-corrected chi connectivity index (χ4v) is 4.09. The lowest BCUT2D eigenvalue weighted by Gasteiger charge is -2.21. The van der Waals surface area contributed by atoms with Crippen molar-refractivity contribution < 1.29 is 14.3 Å². The summed E-state index contributed by atoms with van der Waals surface area (Å²) in [6.45, 7) is 1.35. The Bertz CT molecular complexity index is 959. The molecule has 3 rings (SSSR count). The monoisotopic (exact) mass is 433 g/mol. The minimum atomic E-state index is -0.144. The average molecular weight is 434 g/mol. The molecule has 0 bridgehead atoms. The van der Waals surface area contributed by atoms with E-state index in [1.54, 1.807) is 42.3 Å². The molecule has 1 heterocycles. The van der Waals surface area contributed by atoms with Crippen LogP contribution in [0.15, 0.2) is 42.5 Å². The molecule has 29 heavy (non-hydrogen) atoms. The molecule has 0 saturated heterocycles. The molecule has 8 heteroatoms. The zero-order chi connectivity index (χ0) is 20.8. The number of aromatic nitrogens is 1. The molecule has 0 radical (unpaired) electrons. The molecule has 0 spiro atoms. The lowest BCUT2D eigenvalue weighted by molar-refractivity contribution is -0.120. The fourth-order valence-electron chi connectivity index (χ4n) is 2.79. The molecule has 2 aromatic carbocycles. The van der Waals surface area contributed by atoms with Crippen molar-refractivity contribution in [2.75, 3.05) is 45.8 Å². The first-order valence-electron chi connectivity index (χ1n) is 9.25. The van der Waals surface area contributed by atoms with Gasteiger partial charge in [0.25, 0.3) is 5.91 Å². The molecule has 1 aromatic heterocycles. The highest BCUT2D eigenvalue weighted by molar-refractivity contribution is 7.22. The van der Waals surface area contributed by atoms with Gasteiger partial charge >= 0.3 is 0 Å². The third-order valence-electron chi connectivity index (χ3n) is 4.30. The van der Waals surface area contributed by atoms with E-state index >= 15 is 0 Å². The second kappa shape index (κ2) is 9.91. The number of methoxy groups -OCH3 is 1. The van der Waals surface area contributed by atoms with Gasteiger partial charge in [-0.15, -0.1) is 0 Å². The molecule has 0 atom stereocenters. The van der Waals surface area contributed by atoms with Crippen LogP contribution in [0.2, 0.25) is 5.02 Å². The van der Waals surface area contributed by atoms with Gasteiger partial charge in [-0.3, -0.25) is 9.69 Å². The van der Waals surface area contributed by atoms with Gasteiger partial charge in [-0.2, -0.15) is 0 Å². The number of carbonyl (C=O) groups excluding carboxylic acids is 1. The summed E-state index contributed by atoms with van der Waals surface area (Å²) in [5.74, 6) is 1.20. The average Bonchev–Trinajstić information content (AvgIpc) is 3.15. The van der Waals surface area contributed by atoms with E-state index in [2.05, 4.69) is 9.88 Å². The number of fused-ring (bicyclic) bond motifs is 1. The highest BCUT2D eigenvalue weighted by Gasteiger charge is 2.21. The molecule has 6 nitrogen and oxygen atoms in total. The first-order chi connectivity index (χ1) is 14.0. The van der Waals surface area contributed by atoms with Crippen molar-refractivity contribution in [3.8, 4) is 11.5 Å². The van der Waals surface area contributed by atoms with E-state index in [1.807, 2.05) is 26.2 Å². The van der Waals surface area contributed by atoms with Crippen molar-refractivity contribution in [3.05, 3.63) is 47.5 Å². The second-order valence-electron chi connectivity index (χ2n) is 6.75. The minimum Gasteiger partial charge on any atom is -0.497 e. The third-order valence-corrected chi connectivity index (χ3v) is 5.65. The van der Waals surface area contributed by atoms with Crippen LogP contribution < -0.4 is 14.4 Å². The van der Waals surface area contributed by atoms with Gasteiger partial charge in [-0.25, -0.2) is 4.98 Å². The highest BCUT2D eigenvalue weighted by atomic mass is 35.5. The van der Waals surface area contributed by atoms with Crippen molar-refractivity contribution in [2.45, 2.75) is 6.42 Å². The van der Waals surface area contributed by atoms with Crippen molar-refractivity contribution in [3.63, 3.8) is 0 Å². The predicted molar refractivity (Wildman–Crippen MR) is 119 cm³/mol. The minimum absolute atomic E-state index is 0.0715. The van der Waals surface area contributed by atoms with E-state index < -0.39 is 0 Å². The van der Waals surface area contributed by atoms with E-state index in [0.29, 0.717) is 22.4 Å². The molecule has 0 aliphatic carbocycles. The molecule has 3 aromatic rings. The van der Waals surface area contributed by atoms with Crippen LogP contribution in [0.1, 0.15) is 6.42 Å². The Morgan fingerprint density at radius 3 is 2.48 bits per heavy atom. The SMILES string of the molecule is COc1ccc(OCC(=O)N(CCCN(C)C)c2nc3c(Cl)cccc3s2)cc1. The number of amides is 1. The van der Waals surface area contributed by atoms with E-state index in [4.69, 9.17) is 21.1 Å². The van der Waals surface area contributed by atoms with Gasteiger partial charge in [0.2, 0.25) is 0 Å². The van der Waals surface area contributed by atoms with Crippen LogP contribution in [0.5, 0.6) is 11.5 Å². The normalized spacial score (nSPS) is 11.1. The van der Waals surface area contributed by atoms with E-state index in [0.717, 1.165) is 28.9 Å². The van der Waals surface area contributed by atoms with Gasteiger partial charge in [0.1, 0.15) is 17.0 Å². The van der Waals surface area contributed by atoms with Crippen LogP contribution in [-0.4, -0.2) is 56.7 Å². The summed E-state index contributed by atoms with van der Waals surface area (Å²) < 4.78 is 11.8. The molecule has 154 valence electrons. The first kappa shape index (κ1) is 21.4. The number of benzene rings is 2. The molecule has 0 fully saturated rings. The van der Waals surface area contributed by atoms with Crippen molar-refractivity contribution in [2.24, 2.45) is 0 Å². The zero-order valence-electron chi connectivity index (χ0n) is 16.7. The van der Waals surface area contributed by atoms with Crippen molar-refractivity contribution >= 4 is 44.2 Å². The molecule has 0 aliphatic rings. The molecule has 0 N–H and O–H groups in total.